The van der Waals surface area contributed by atoms with Crippen LogP contribution < -0.4 is 0 Å². The van der Waals surface area contributed by atoms with E-state index in [-0.39, 0.29) is 20.1 Å². The number of aryl methyl sites for hydroxylation is 2. The van der Waals surface area contributed by atoms with Crippen molar-refractivity contribution in [2.24, 2.45) is 7.05 Å². The van der Waals surface area contributed by atoms with E-state index >= 15 is 0 Å². The maximum absolute atomic E-state index is 4.68. The van der Waals surface area contributed by atoms with Crippen molar-refractivity contribution >= 4 is 0 Å². The number of hydrogen-bond donors (Lipinski definition) is 0. The summed E-state index contributed by atoms with van der Waals surface area (Å²) in [7, 11) is 2.07. The molecule has 195 valence electrons. The molecule has 0 saturated carbocycles. The number of rotatable bonds is 4. The van der Waals surface area contributed by atoms with Crippen molar-refractivity contribution in [1.29, 1.82) is 0 Å². The van der Waals surface area contributed by atoms with Crippen molar-refractivity contribution in [2.75, 3.05) is 0 Å². The first-order chi connectivity index (χ1) is 18.6. The zero-order valence-electron chi connectivity index (χ0n) is 22.2. The minimum Gasteiger partial charge on any atom is -0.367 e. The molecule has 0 amide bonds. The second-order valence-electron chi connectivity index (χ2n) is 9.14. The van der Waals surface area contributed by atoms with Crippen LogP contribution in [0.4, 0.5) is 0 Å². The Hall–Kier alpha value is -4.11. The van der Waals surface area contributed by atoms with Crippen molar-refractivity contribution in [3.8, 4) is 45.0 Å². The van der Waals surface area contributed by atoms with Gasteiger partial charge >= 0.3 is 0 Å². The van der Waals surface area contributed by atoms with Crippen LogP contribution in [0.25, 0.3) is 45.0 Å². The maximum atomic E-state index is 4.68. The molecule has 0 saturated heterocycles. The molecule has 0 N–H and O–H groups in total. The summed E-state index contributed by atoms with van der Waals surface area (Å²) >= 11 is 0. The number of imidazole rings is 1. The van der Waals surface area contributed by atoms with Crippen LogP contribution in [-0.2, 0) is 27.2 Å². The van der Waals surface area contributed by atoms with Crippen LogP contribution in [-0.4, -0.2) is 14.5 Å². The molecule has 4 aromatic carbocycles. The summed E-state index contributed by atoms with van der Waals surface area (Å²) in [6.07, 6.45) is 3.75. The van der Waals surface area contributed by atoms with Crippen molar-refractivity contribution in [1.82, 2.24) is 14.5 Å². The Morgan fingerprint density at radius 1 is 0.641 bits per heavy atom. The molecule has 39 heavy (non-hydrogen) atoms. The van der Waals surface area contributed by atoms with E-state index in [1.54, 1.807) is 6.20 Å². The molecular weight excluding hydrogens is 655 g/mol. The zero-order valence-corrected chi connectivity index (χ0v) is 24.6. The molecular formula is C35H29IrN3-2. The third-order valence-electron chi connectivity index (χ3n) is 6.54. The van der Waals surface area contributed by atoms with Crippen LogP contribution in [0.2, 0.25) is 0 Å². The predicted octanol–water partition coefficient (Wildman–Crippen LogP) is 8.38. The van der Waals surface area contributed by atoms with Crippen LogP contribution in [0.3, 0.4) is 0 Å². The van der Waals surface area contributed by atoms with Gasteiger partial charge in [0.15, 0.2) is 0 Å². The fourth-order valence-electron chi connectivity index (χ4n) is 4.56. The average Bonchev–Trinajstić information content (AvgIpc) is 3.35. The standard InChI is InChI=1S/C24H21N2.C11H8N.Ir/c1-17-8-7-9-18(2)23(17)22-16-25-24(26(22)3)21-14-12-20(13-15-21)19-10-5-4-6-11-19;1-2-6-10(7-3-1)11-8-4-5-9-12-11;/h4-14,16H,1-3H3;1-6,8-9H;/q2*-1;. The van der Waals surface area contributed by atoms with E-state index in [1.165, 1.54) is 27.8 Å². The number of hydrogen-bond acceptors (Lipinski definition) is 2. The van der Waals surface area contributed by atoms with Gasteiger partial charge in [-0.25, -0.2) is 0 Å². The molecule has 1 radical (unpaired) electrons. The van der Waals surface area contributed by atoms with Crippen LogP contribution in [0.5, 0.6) is 0 Å². The van der Waals surface area contributed by atoms with Crippen LogP contribution in [0.15, 0.2) is 122 Å². The summed E-state index contributed by atoms with van der Waals surface area (Å²) in [6, 6.07) is 43.3. The summed E-state index contributed by atoms with van der Waals surface area (Å²) in [5.41, 5.74) is 10.3. The fraction of sp³-hybridized carbons (Fsp3) is 0.0857. The second kappa shape index (κ2) is 13.1. The molecule has 6 aromatic rings. The smallest absolute Gasteiger partial charge is 0.0592 e. The van der Waals surface area contributed by atoms with Crippen molar-refractivity contribution in [2.45, 2.75) is 13.8 Å². The van der Waals surface area contributed by atoms with Crippen molar-refractivity contribution in [3.05, 3.63) is 145 Å². The van der Waals surface area contributed by atoms with E-state index < -0.39 is 0 Å². The van der Waals surface area contributed by atoms with Gasteiger partial charge in [-0.3, -0.25) is 4.98 Å². The average molecular weight is 684 g/mol. The molecule has 0 bridgehead atoms. The van der Waals surface area contributed by atoms with Crippen LogP contribution in [0, 0.1) is 26.0 Å². The Bertz CT molecular complexity index is 1550. The van der Waals surface area contributed by atoms with Gasteiger partial charge in [0.2, 0.25) is 0 Å². The van der Waals surface area contributed by atoms with Crippen LogP contribution in [0.1, 0.15) is 11.1 Å². The largest absolute Gasteiger partial charge is 0.367 e. The minimum absolute atomic E-state index is 0. The van der Waals surface area contributed by atoms with Gasteiger partial charge in [-0.1, -0.05) is 71.8 Å². The van der Waals surface area contributed by atoms with E-state index in [2.05, 4.69) is 102 Å². The molecule has 2 heterocycles. The normalized spacial score (nSPS) is 10.2. The third-order valence-corrected chi connectivity index (χ3v) is 6.54. The molecule has 0 aliphatic heterocycles. The molecule has 0 atom stereocenters. The zero-order chi connectivity index (χ0) is 26.3. The van der Waals surface area contributed by atoms with Gasteiger partial charge in [0.05, 0.1) is 11.5 Å². The van der Waals surface area contributed by atoms with Crippen molar-refractivity contribution < 1.29 is 20.1 Å². The van der Waals surface area contributed by atoms with E-state index in [1.807, 2.05) is 60.8 Å². The Morgan fingerprint density at radius 3 is 2.03 bits per heavy atom. The summed E-state index contributed by atoms with van der Waals surface area (Å²) in [4.78, 5) is 8.90. The molecule has 4 heteroatoms. The molecule has 0 spiro atoms. The molecule has 0 unspecified atom stereocenters. The van der Waals surface area contributed by atoms with E-state index in [0.29, 0.717) is 0 Å². The number of nitrogens with zero attached hydrogens (tertiary/aromatic N) is 3. The SMILES string of the molecule is Cc1cccc(C)c1-c1cnc(-c2[c-]cc(-c3ccccc3)cc2)n1C.[Ir].[c-]1ccccc1-c1ccccn1. The van der Waals surface area contributed by atoms with Crippen LogP contribution >= 0.6 is 0 Å². The predicted molar refractivity (Wildman–Crippen MR) is 156 cm³/mol. The van der Waals surface area contributed by atoms with Gasteiger partial charge in [0, 0.05) is 45.1 Å². The van der Waals surface area contributed by atoms with Gasteiger partial charge in [-0.2, -0.15) is 0 Å². The number of benzene rings is 4. The minimum atomic E-state index is 0. The molecule has 3 nitrogen and oxygen atoms in total. The van der Waals surface area contributed by atoms with Gasteiger partial charge in [0.1, 0.15) is 0 Å². The first-order valence-corrected chi connectivity index (χ1v) is 12.7. The topological polar surface area (TPSA) is 30.7 Å². The van der Waals surface area contributed by atoms with E-state index in [4.69, 9.17) is 0 Å². The van der Waals surface area contributed by atoms with E-state index in [9.17, 15) is 0 Å². The summed E-state index contributed by atoms with van der Waals surface area (Å²) in [6.45, 7) is 4.30. The van der Waals surface area contributed by atoms with E-state index in [0.717, 1.165) is 28.3 Å². The molecule has 0 fully saturated rings. The second-order valence-corrected chi connectivity index (χ2v) is 9.14. The Morgan fingerprint density at radius 2 is 1.38 bits per heavy atom. The number of aromatic nitrogens is 3. The summed E-state index contributed by atoms with van der Waals surface area (Å²) in [5.74, 6) is 0.933. The van der Waals surface area contributed by atoms with Gasteiger partial charge in [-0.15, -0.1) is 65.7 Å². The molecule has 0 aliphatic rings. The monoisotopic (exact) mass is 684 g/mol. The Labute approximate surface area is 244 Å². The first kappa shape index (κ1) is 27.9. The summed E-state index contributed by atoms with van der Waals surface area (Å²) < 4.78 is 2.16. The molecule has 6 rings (SSSR count). The fourth-order valence-corrected chi connectivity index (χ4v) is 4.56. The Balaban J connectivity index is 0.000000228. The summed E-state index contributed by atoms with van der Waals surface area (Å²) in [5, 5.41) is 0. The van der Waals surface area contributed by atoms with Crippen molar-refractivity contribution in [3.63, 3.8) is 0 Å². The molecule has 2 aromatic heterocycles. The number of pyridine rings is 1. The Kier molecular flexibility index (Phi) is 9.38. The van der Waals surface area contributed by atoms with Gasteiger partial charge < -0.3 is 9.55 Å². The third kappa shape index (κ3) is 6.49. The first-order valence-electron chi connectivity index (χ1n) is 12.7. The van der Waals surface area contributed by atoms with Gasteiger partial charge in [-0.05, 0) is 36.7 Å². The van der Waals surface area contributed by atoms with Gasteiger partial charge in [0.25, 0.3) is 0 Å². The molecule has 0 aliphatic carbocycles. The maximum Gasteiger partial charge on any atom is 0.0592 e. The quantitative estimate of drug-likeness (QED) is 0.175.